The molecule has 2 aromatic carbocycles. The van der Waals surface area contributed by atoms with Gasteiger partial charge in [-0.3, -0.25) is 10.1 Å². The Morgan fingerprint density at radius 3 is 2.54 bits per heavy atom. The van der Waals surface area contributed by atoms with E-state index >= 15 is 0 Å². The topological polar surface area (TPSA) is 41.6 Å². The summed E-state index contributed by atoms with van der Waals surface area (Å²) in [6.07, 6.45) is 8.63. The number of H-pyrrole nitrogens is 1. The number of pyridine rings is 1. The predicted octanol–water partition coefficient (Wildman–Crippen LogP) is 4.33. The lowest BCUT2D eigenvalue weighted by atomic mass is 10.0. The van der Waals surface area contributed by atoms with Gasteiger partial charge in [-0.05, 0) is 52.4 Å². The lowest BCUT2D eigenvalue weighted by Gasteiger charge is -2.06. The number of rotatable bonds is 5. The van der Waals surface area contributed by atoms with Crippen LogP contribution in [0.1, 0.15) is 22.4 Å². The summed E-state index contributed by atoms with van der Waals surface area (Å²) in [5.74, 6) is 0. The standard InChI is InChI=1S/C21H19N3/c1-2-4-20-11-17(7-8-19(20)3-1)13-21-12-16(9-10-22-21)5-6-18-14-23-24-15-18/h1-4,7-12,14-15H,5-6,13H2,(H,23,24). The first-order valence-corrected chi connectivity index (χ1v) is 8.26. The molecule has 0 spiro atoms. The van der Waals surface area contributed by atoms with E-state index in [1.54, 1.807) is 0 Å². The second kappa shape index (κ2) is 6.67. The molecule has 4 aromatic rings. The van der Waals surface area contributed by atoms with Crippen LogP contribution in [0.5, 0.6) is 0 Å². The zero-order valence-electron chi connectivity index (χ0n) is 13.4. The summed E-state index contributed by atoms with van der Waals surface area (Å²) in [5.41, 5.74) is 4.98. The van der Waals surface area contributed by atoms with E-state index < -0.39 is 0 Å². The van der Waals surface area contributed by atoms with Gasteiger partial charge in [0.2, 0.25) is 0 Å². The van der Waals surface area contributed by atoms with Gasteiger partial charge in [0.25, 0.3) is 0 Å². The minimum Gasteiger partial charge on any atom is -0.285 e. The van der Waals surface area contributed by atoms with E-state index in [1.807, 2.05) is 18.6 Å². The van der Waals surface area contributed by atoms with E-state index in [0.29, 0.717) is 0 Å². The normalized spacial score (nSPS) is 11.0. The number of aromatic nitrogens is 3. The van der Waals surface area contributed by atoms with E-state index in [0.717, 1.165) is 25.0 Å². The van der Waals surface area contributed by atoms with Crippen LogP contribution in [0.15, 0.2) is 73.2 Å². The van der Waals surface area contributed by atoms with Crippen LogP contribution in [-0.4, -0.2) is 15.2 Å². The number of nitrogens with one attached hydrogen (secondary N) is 1. The van der Waals surface area contributed by atoms with Gasteiger partial charge >= 0.3 is 0 Å². The maximum atomic E-state index is 4.54. The quantitative estimate of drug-likeness (QED) is 0.595. The molecule has 0 unspecified atom stereocenters. The van der Waals surface area contributed by atoms with Crippen molar-refractivity contribution in [2.75, 3.05) is 0 Å². The number of nitrogens with zero attached hydrogens (tertiary/aromatic N) is 2. The molecule has 3 nitrogen and oxygen atoms in total. The van der Waals surface area contributed by atoms with Gasteiger partial charge < -0.3 is 0 Å². The second-order valence-corrected chi connectivity index (χ2v) is 6.12. The Hall–Kier alpha value is -2.94. The van der Waals surface area contributed by atoms with Crippen LogP contribution in [0, 0.1) is 0 Å². The molecule has 0 bridgehead atoms. The Bertz CT molecular complexity index is 942. The molecule has 1 N–H and O–H groups in total. The molecule has 3 heteroatoms. The highest BCUT2D eigenvalue weighted by Crippen LogP contribution is 2.18. The third-order valence-corrected chi connectivity index (χ3v) is 4.34. The Labute approximate surface area is 141 Å². The molecule has 0 saturated heterocycles. The highest BCUT2D eigenvalue weighted by Gasteiger charge is 2.03. The van der Waals surface area contributed by atoms with E-state index in [-0.39, 0.29) is 0 Å². The first kappa shape index (κ1) is 14.6. The molecule has 0 radical (unpaired) electrons. The third-order valence-electron chi connectivity index (χ3n) is 4.34. The van der Waals surface area contributed by atoms with Crippen molar-refractivity contribution in [3.05, 3.63) is 95.6 Å². The van der Waals surface area contributed by atoms with Crippen molar-refractivity contribution < 1.29 is 0 Å². The van der Waals surface area contributed by atoms with Gasteiger partial charge in [0.1, 0.15) is 0 Å². The molecular formula is C21H19N3. The zero-order valence-corrected chi connectivity index (χ0v) is 13.4. The summed E-state index contributed by atoms with van der Waals surface area (Å²) in [6, 6.07) is 19.4. The molecule has 2 aromatic heterocycles. The first-order valence-electron chi connectivity index (χ1n) is 8.26. The van der Waals surface area contributed by atoms with Crippen molar-refractivity contribution >= 4 is 10.8 Å². The second-order valence-electron chi connectivity index (χ2n) is 6.12. The fourth-order valence-electron chi connectivity index (χ4n) is 3.04. The van der Waals surface area contributed by atoms with Crippen molar-refractivity contribution in [2.24, 2.45) is 0 Å². The number of aromatic amines is 1. The van der Waals surface area contributed by atoms with E-state index in [4.69, 9.17) is 0 Å². The molecule has 0 atom stereocenters. The Morgan fingerprint density at radius 1 is 0.792 bits per heavy atom. The summed E-state index contributed by atoms with van der Waals surface area (Å²) < 4.78 is 0. The molecule has 0 fully saturated rings. The van der Waals surface area contributed by atoms with Crippen molar-refractivity contribution in [3.8, 4) is 0 Å². The van der Waals surface area contributed by atoms with Crippen LogP contribution in [0.4, 0.5) is 0 Å². The largest absolute Gasteiger partial charge is 0.285 e. The van der Waals surface area contributed by atoms with Gasteiger partial charge in [-0.2, -0.15) is 5.10 Å². The molecule has 0 aliphatic carbocycles. The van der Waals surface area contributed by atoms with Gasteiger partial charge in [-0.15, -0.1) is 0 Å². The summed E-state index contributed by atoms with van der Waals surface area (Å²) >= 11 is 0. The number of hydrogen-bond donors (Lipinski definition) is 1. The highest BCUT2D eigenvalue weighted by atomic mass is 15.1. The van der Waals surface area contributed by atoms with Crippen LogP contribution < -0.4 is 0 Å². The van der Waals surface area contributed by atoms with Gasteiger partial charge in [-0.1, -0.05) is 42.5 Å². The molecule has 4 rings (SSSR count). The molecule has 0 saturated carbocycles. The van der Waals surface area contributed by atoms with Crippen LogP contribution in [0.25, 0.3) is 10.8 Å². The molecule has 118 valence electrons. The summed E-state index contributed by atoms with van der Waals surface area (Å²) in [4.78, 5) is 4.54. The van der Waals surface area contributed by atoms with Crippen LogP contribution >= 0.6 is 0 Å². The monoisotopic (exact) mass is 313 g/mol. The minimum atomic E-state index is 0.865. The fourth-order valence-corrected chi connectivity index (χ4v) is 3.04. The van der Waals surface area contributed by atoms with E-state index in [2.05, 4.69) is 69.8 Å². The maximum absolute atomic E-state index is 4.54. The van der Waals surface area contributed by atoms with Gasteiger partial charge in [0.15, 0.2) is 0 Å². The third kappa shape index (κ3) is 3.35. The van der Waals surface area contributed by atoms with Gasteiger partial charge in [0, 0.05) is 24.5 Å². The smallest absolute Gasteiger partial charge is 0.0519 e. The highest BCUT2D eigenvalue weighted by molar-refractivity contribution is 5.83. The number of fused-ring (bicyclic) bond motifs is 1. The molecule has 0 aliphatic rings. The van der Waals surface area contributed by atoms with Gasteiger partial charge in [0.05, 0.1) is 6.20 Å². The number of benzene rings is 2. The van der Waals surface area contributed by atoms with Crippen molar-refractivity contribution in [1.82, 2.24) is 15.2 Å². The number of hydrogen-bond acceptors (Lipinski definition) is 2. The van der Waals surface area contributed by atoms with E-state index in [9.17, 15) is 0 Å². The summed E-state index contributed by atoms with van der Waals surface area (Å²) in [5, 5.41) is 9.42. The van der Waals surface area contributed by atoms with Crippen molar-refractivity contribution in [1.29, 1.82) is 0 Å². The Morgan fingerprint density at radius 2 is 1.67 bits per heavy atom. The van der Waals surface area contributed by atoms with Crippen molar-refractivity contribution in [3.63, 3.8) is 0 Å². The molecule has 24 heavy (non-hydrogen) atoms. The lowest BCUT2D eigenvalue weighted by molar-refractivity contribution is 0.943. The number of aryl methyl sites for hydroxylation is 2. The average molecular weight is 313 g/mol. The van der Waals surface area contributed by atoms with Crippen LogP contribution in [-0.2, 0) is 19.3 Å². The van der Waals surface area contributed by atoms with E-state index in [1.165, 1.54) is 27.5 Å². The molecular weight excluding hydrogens is 294 g/mol. The van der Waals surface area contributed by atoms with Crippen LogP contribution in [0.2, 0.25) is 0 Å². The average Bonchev–Trinajstić information content (AvgIpc) is 3.14. The maximum Gasteiger partial charge on any atom is 0.0519 e. The summed E-state index contributed by atoms with van der Waals surface area (Å²) in [7, 11) is 0. The molecule has 0 amide bonds. The van der Waals surface area contributed by atoms with Crippen molar-refractivity contribution in [2.45, 2.75) is 19.3 Å². The predicted molar refractivity (Wildman–Crippen MR) is 97.0 cm³/mol. The fraction of sp³-hybridized carbons (Fsp3) is 0.143. The summed E-state index contributed by atoms with van der Waals surface area (Å²) in [6.45, 7) is 0. The minimum absolute atomic E-state index is 0.865. The van der Waals surface area contributed by atoms with Crippen LogP contribution in [0.3, 0.4) is 0 Å². The molecule has 0 aliphatic heterocycles. The molecule has 2 heterocycles. The lowest BCUT2D eigenvalue weighted by Crippen LogP contribution is -1.96. The Kier molecular flexibility index (Phi) is 4.07. The van der Waals surface area contributed by atoms with Gasteiger partial charge in [-0.25, -0.2) is 0 Å². The Balaban J connectivity index is 1.50. The SMILES string of the molecule is c1ccc2cc(Cc3cc(CCc4cn[nH]c4)ccn3)ccc2c1. The first-order chi connectivity index (χ1) is 11.9. The zero-order chi connectivity index (χ0) is 16.2.